The van der Waals surface area contributed by atoms with Crippen LogP contribution < -0.4 is 20.7 Å². The predicted molar refractivity (Wildman–Crippen MR) is 155 cm³/mol. The molecule has 0 spiro atoms. The number of carbonyl (C=O) groups excluding carboxylic acids is 1. The van der Waals surface area contributed by atoms with E-state index in [1.807, 2.05) is 0 Å². The summed E-state index contributed by atoms with van der Waals surface area (Å²) in [5.41, 5.74) is -1.97. The highest BCUT2D eigenvalue weighted by Gasteiger charge is 2.38. The van der Waals surface area contributed by atoms with Crippen LogP contribution in [0.4, 0.5) is 54.0 Å². The third-order valence-electron chi connectivity index (χ3n) is 7.06. The molecule has 3 aliphatic rings. The molecule has 1 aliphatic heterocycles. The lowest BCUT2D eigenvalue weighted by Crippen LogP contribution is -2.41. The Labute approximate surface area is 268 Å². The van der Waals surface area contributed by atoms with E-state index in [0.29, 0.717) is 38.7 Å². The van der Waals surface area contributed by atoms with Crippen molar-refractivity contribution < 1.29 is 45.0 Å². The third kappa shape index (κ3) is 9.00. The number of rotatable bonds is 8. The van der Waals surface area contributed by atoms with Crippen LogP contribution in [0.25, 0.3) is 0 Å². The van der Waals surface area contributed by atoms with Gasteiger partial charge in [0.1, 0.15) is 34.3 Å². The van der Waals surface area contributed by atoms with Gasteiger partial charge >= 0.3 is 12.4 Å². The fourth-order valence-corrected chi connectivity index (χ4v) is 4.45. The van der Waals surface area contributed by atoms with Crippen molar-refractivity contribution in [1.82, 2.24) is 24.8 Å². The predicted octanol–water partition coefficient (Wildman–Crippen LogP) is 6.16. The number of hydrogen-bond donors (Lipinski definition) is 3. The number of hydrogen-bond acceptors (Lipinski definition) is 10. The number of alkyl halides is 6. The lowest BCUT2D eigenvalue weighted by Gasteiger charge is -2.27. The summed E-state index contributed by atoms with van der Waals surface area (Å²) in [6, 6.07) is 2.28. The van der Waals surface area contributed by atoms with E-state index in [1.165, 1.54) is 18.1 Å². The van der Waals surface area contributed by atoms with Gasteiger partial charge in [0, 0.05) is 43.6 Å². The summed E-state index contributed by atoms with van der Waals surface area (Å²) in [7, 11) is 1.33. The van der Waals surface area contributed by atoms with Crippen molar-refractivity contribution in [2.75, 3.05) is 49.4 Å². The molecule has 3 heterocycles. The standard InChI is InChI=1S/C20H21F4N5O3.C8H7ClF3N3/c1-31-16-8-12(18(30)29-4-6-32-7-5-29)14(21)9-15(16)27-19-25-10-13(20(22,23)24)17(28-19)26-11-2-3-11;9-7-13-3-5(8(10,11)12)6(15-7)14-4-1-2-4/h8-11H,2-7H2,1H3,(H2,25,26,27,28);3-4H,1-2H2,(H,13,14,15). The van der Waals surface area contributed by atoms with Crippen LogP contribution in [-0.2, 0) is 17.1 Å². The smallest absolute Gasteiger partial charge is 0.421 e. The molecule has 1 amide bonds. The Hall–Kier alpha value is -4.19. The van der Waals surface area contributed by atoms with E-state index in [2.05, 4.69) is 35.9 Å². The Morgan fingerprint density at radius 1 is 0.915 bits per heavy atom. The molecule has 19 heteroatoms. The first-order valence-electron chi connectivity index (χ1n) is 14.3. The van der Waals surface area contributed by atoms with Crippen LogP contribution >= 0.6 is 11.6 Å². The summed E-state index contributed by atoms with van der Waals surface area (Å²) >= 11 is 5.44. The molecule has 2 saturated carbocycles. The quantitative estimate of drug-likeness (QED) is 0.187. The Balaban J connectivity index is 0.000000241. The molecule has 6 rings (SSSR count). The third-order valence-corrected chi connectivity index (χ3v) is 7.24. The van der Waals surface area contributed by atoms with Crippen LogP contribution in [0.2, 0.25) is 5.28 Å². The summed E-state index contributed by atoms with van der Waals surface area (Å²) in [4.78, 5) is 28.7. The van der Waals surface area contributed by atoms with Gasteiger partial charge in [0.2, 0.25) is 11.2 Å². The summed E-state index contributed by atoms with van der Waals surface area (Å²) < 4.78 is 103. The number of halogens is 8. The molecular formula is C28H28ClF7N8O3. The molecule has 0 radical (unpaired) electrons. The summed E-state index contributed by atoms with van der Waals surface area (Å²) in [5.74, 6) is -1.96. The molecule has 0 atom stereocenters. The number of anilines is 4. The number of nitrogens with zero attached hydrogens (tertiary/aromatic N) is 5. The lowest BCUT2D eigenvalue weighted by atomic mass is 10.1. The zero-order chi connectivity index (χ0) is 33.9. The highest BCUT2D eigenvalue weighted by atomic mass is 35.5. The van der Waals surface area contributed by atoms with Crippen LogP contribution in [0.3, 0.4) is 0 Å². The summed E-state index contributed by atoms with van der Waals surface area (Å²) in [6.45, 7) is 1.42. The number of aromatic nitrogens is 4. The molecule has 254 valence electrons. The van der Waals surface area contributed by atoms with Gasteiger partial charge in [0.25, 0.3) is 5.91 Å². The van der Waals surface area contributed by atoms with Crippen LogP contribution in [0.1, 0.15) is 47.2 Å². The van der Waals surface area contributed by atoms with Crippen molar-refractivity contribution >= 4 is 40.8 Å². The van der Waals surface area contributed by atoms with Crippen molar-refractivity contribution in [1.29, 1.82) is 0 Å². The van der Waals surface area contributed by atoms with Gasteiger partial charge in [-0.1, -0.05) is 0 Å². The second-order valence-electron chi connectivity index (χ2n) is 10.8. The second-order valence-corrected chi connectivity index (χ2v) is 11.1. The number of morpholine rings is 1. The minimum absolute atomic E-state index is 0.0701. The number of methoxy groups -OCH3 is 1. The summed E-state index contributed by atoms with van der Waals surface area (Å²) in [5, 5.41) is 7.91. The molecule has 0 unspecified atom stereocenters. The fourth-order valence-electron chi connectivity index (χ4n) is 4.32. The van der Waals surface area contributed by atoms with Crippen molar-refractivity contribution in [3.63, 3.8) is 0 Å². The molecule has 1 saturated heterocycles. The monoisotopic (exact) mass is 692 g/mol. The van der Waals surface area contributed by atoms with Gasteiger partial charge in [0.15, 0.2) is 0 Å². The van der Waals surface area contributed by atoms with Crippen LogP contribution in [0.5, 0.6) is 5.75 Å². The van der Waals surface area contributed by atoms with Crippen molar-refractivity contribution in [3.8, 4) is 5.75 Å². The first-order valence-corrected chi connectivity index (χ1v) is 14.7. The van der Waals surface area contributed by atoms with E-state index in [1.54, 1.807) is 0 Å². The largest absolute Gasteiger partial charge is 0.495 e. The van der Waals surface area contributed by atoms with Crippen LogP contribution in [0.15, 0.2) is 24.5 Å². The molecule has 3 aromatic rings. The number of benzene rings is 1. The molecule has 47 heavy (non-hydrogen) atoms. The second kappa shape index (κ2) is 13.9. The van der Waals surface area contributed by atoms with Gasteiger partial charge in [-0.3, -0.25) is 4.79 Å². The van der Waals surface area contributed by atoms with Gasteiger partial charge in [-0.2, -0.15) is 31.3 Å². The zero-order valence-corrected chi connectivity index (χ0v) is 25.4. The molecule has 0 bridgehead atoms. The molecular weight excluding hydrogens is 665 g/mol. The highest BCUT2D eigenvalue weighted by molar-refractivity contribution is 6.28. The maximum absolute atomic E-state index is 14.8. The van der Waals surface area contributed by atoms with Crippen molar-refractivity contribution in [2.45, 2.75) is 50.1 Å². The van der Waals surface area contributed by atoms with E-state index in [4.69, 9.17) is 21.1 Å². The minimum atomic E-state index is -4.62. The summed E-state index contributed by atoms with van der Waals surface area (Å²) in [6.07, 6.45) is -4.50. The Morgan fingerprint density at radius 2 is 1.47 bits per heavy atom. The van der Waals surface area contributed by atoms with Gasteiger partial charge in [-0.25, -0.2) is 19.3 Å². The zero-order valence-electron chi connectivity index (χ0n) is 24.6. The van der Waals surface area contributed by atoms with E-state index in [-0.39, 0.29) is 52.0 Å². The van der Waals surface area contributed by atoms with Gasteiger partial charge < -0.3 is 30.3 Å². The van der Waals surface area contributed by atoms with E-state index < -0.39 is 35.2 Å². The first kappa shape index (κ1) is 34.2. The average Bonchev–Trinajstić information content (AvgIpc) is 3.95. The minimum Gasteiger partial charge on any atom is -0.495 e. The van der Waals surface area contributed by atoms with E-state index >= 15 is 0 Å². The molecule has 2 aromatic heterocycles. The van der Waals surface area contributed by atoms with Gasteiger partial charge in [0.05, 0.1) is 31.6 Å². The average molecular weight is 693 g/mol. The van der Waals surface area contributed by atoms with Crippen LogP contribution in [-0.4, -0.2) is 76.2 Å². The van der Waals surface area contributed by atoms with Crippen molar-refractivity contribution in [2.24, 2.45) is 0 Å². The maximum atomic E-state index is 14.8. The number of nitrogens with one attached hydrogen (secondary N) is 3. The first-order chi connectivity index (χ1) is 22.2. The molecule has 2 aliphatic carbocycles. The van der Waals surface area contributed by atoms with Crippen molar-refractivity contribution in [3.05, 3.63) is 52.3 Å². The van der Waals surface area contributed by atoms with Gasteiger partial charge in [-0.15, -0.1) is 0 Å². The Bertz CT molecular complexity index is 1600. The Morgan fingerprint density at radius 3 is 2.00 bits per heavy atom. The number of amides is 1. The fraction of sp³-hybridized carbons (Fsp3) is 0.464. The van der Waals surface area contributed by atoms with E-state index in [0.717, 1.165) is 31.7 Å². The Kier molecular flexibility index (Phi) is 10.1. The lowest BCUT2D eigenvalue weighted by molar-refractivity contribution is -0.138. The topological polar surface area (TPSA) is 126 Å². The van der Waals surface area contributed by atoms with Gasteiger partial charge in [-0.05, 0) is 43.4 Å². The molecule has 11 nitrogen and oxygen atoms in total. The molecule has 3 N–H and O–H groups in total. The maximum Gasteiger partial charge on any atom is 0.421 e. The number of ether oxygens (including phenoxy) is 2. The number of carbonyl (C=O) groups is 1. The SMILES string of the molecule is COc1cc(C(=O)N2CCOCC2)c(F)cc1Nc1ncc(C(F)(F)F)c(NC2CC2)n1.FC(F)(F)c1cnc(Cl)nc1NC1CC1. The normalized spacial score (nSPS) is 16.6. The highest BCUT2D eigenvalue weighted by Crippen LogP contribution is 2.38. The molecule has 1 aromatic carbocycles. The van der Waals surface area contributed by atoms with E-state index in [9.17, 15) is 35.5 Å². The molecule has 3 fully saturated rings. The van der Waals surface area contributed by atoms with Crippen LogP contribution in [0, 0.1) is 5.82 Å².